The first-order chi connectivity index (χ1) is 8.81. The standard InChI is InChI=1S/C14H28N2O2/c1-17-8-9-18-7-3-2-6-16-13-4-5-14(16)11-12(15)10-13/h12-14H,2-11,15H2,1H3. The normalized spacial score (nSPS) is 32.0. The van der Waals surface area contributed by atoms with Crippen LogP contribution in [0.3, 0.4) is 0 Å². The highest BCUT2D eigenvalue weighted by Gasteiger charge is 2.38. The molecule has 2 saturated heterocycles. The van der Waals surface area contributed by atoms with E-state index in [9.17, 15) is 0 Å². The van der Waals surface area contributed by atoms with Gasteiger partial charge < -0.3 is 15.2 Å². The molecule has 2 unspecified atom stereocenters. The Morgan fingerprint density at radius 1 is 1.06 bits per heavy atom. The maximum Gasteiger partial charge on any atom is 0.0700 e. The highest BCUT2D eigenvalue weighted by atomic mass is 16.5. The molecule has 0 amide bonds. The largest absolute Gasteiger partial charge is 0.382 e. The summed E-state index contributed by atoms with van der Waals surface area (Å²) >= 11 is 0. The quantitative estimate of drug-likeness (QED) is 0.667. The molecule has 18 heavy (non-hydrogen) atoms. The summed E-state index contributed by atoms with van der Waals surface area (Å²) in [6.07, 6.45) is 7.55. The summed E-state index contributed by atoms with van der Waals surface area (Å²) in [5.41, 5.74) is 6.08. The molecular formula is C14H28N2O2. The first-order valence-corrected chi connectivity index (χ1v) is 7.39. The van der Waals surface area contributed by atoms with Gasteiger partial charge in [0, 0.05) is 31.8 Å². The summed E-state index contributed by atoms with van der Waals surface area (Å²) in [5, 5.41) is 0. The van der Waals surface area contributed by atoms with E-state index in [1.807, 2.05) is 0 Å². The summed E-state index contributed by atoms with van der Waals surface area (Å²) in [6.45, 7) is 3.52. The lowest BCUT2D eigenvalue weighted by Crippen LogP contribution is -2.47. The van der Waals surface area contributed by atoms with E-state index in [1.165, 1.54) is 38.6 Å². The van der Waals surface area contributed by atoms with E-state index >= 15 is 0 Å². The molecule has 0 aromatic rings. The Balaban J connectivity index is 1.55. The third-order valence-corrected chi connectivity index (χ3v) is 4.31. The Morgan fingerprint density at radius 2 is 1.78 bits per heavy atom. The number of rotatable bonds is 8. The lowest BCUT2D eigenvalue weighted by molar-refractivity contribution is 0.0648. The maximum absolute atomic E-state index is 6.08. The number of hydrogen-bond donors (Lipinski definition) is 1. The van der Waals surface area contributed by atoms with Crippen molar-refractivity contribution in [2.75, 3.05) is 33.5 Å². The third-order valence-electron chi connectivity index (χ3n) is 4.31. The number of hydrogen-bond acceptors (Lipinski definition) is 4. The molecule has 0 aliphatic carbocycles. The van der Waals surface area contributed by atoms with Crippen LogP contribution in [0.2, 0.25) is 0 Å². The van der Waals surface area contributed by atoms with Crippen LogP contribution in [0.5, 0.6) is 0 Å². The van der Waals surface area contributed by atoms with E-state index in [0.717, 1.165) is 31.7 Å². The Hall–Kier alpha value is -0.160. The van der Waals surface area contributed by atoms with E-state index in [0.29, 0.717) is 12.6 Å². The zero-order valence-electron chi connectivity index (χ0n) is 11.6. The lowest BCUT2D eigenvalue weighted by Gasteiger charge is -2.37. The van der Waals surface area contributed by atoms with E-state index in [-0.39, 0.29) is 0 Å². The molecule has 0 aromatic carbocycles. The summed E-state index contributed by atoms with van der Waals surface area (Å²) < 4.78 is 10.4. The average Bonchev–Trinajstić information content (AvgIpc) is 2.59. The van der Waals surface area contributed by atoms with Crippen molar-refractivity contribution in [1.82, 2.24) is 4.90 Å². The van der Waals surface area contributed by atoms with Gasteiger partial charge in [-0.1, -0.05) is 0 Å². The van der Waals surface area contributed by atoms with Gasteiger partial charge in [0.2, 0.25) is 0 Å². The molecule has 2 rings (SSSR count). The van der Waals surface area contributed by atoms with Gasteiger partial charge in [0.05, 0.1) is 13.2 Å². The van der Waals surface area contributed by atoms with Crippen LogP contribution in [-0.2, 0) is 9.47 Å². The number of unbranched alkanes of at least 4 members (excludes halogenated alkanes) is 1. The second-order valence-corrected chi connectivity index (χ2v) is 5.67. The lowest BCUT2D eigenvalue weighted by atomic mass is 9.98. The molecule has 4 heteroatoms. The van der Waals surface area contributed by atoms with Gasteiger partial charge in [0.1, 0.15) is 0 Å². The number of ether oxygens (including phenoxy) is 2. The van der Waals surface area contributed by atoms with Gasteiger partial charge in [-0.05, 0) is 45.1 Å². The molecule has 2 heterocycles. The number of nitrogens with two attached hydrogens (primary N) is 1. The summed E-state index contributed by atoms with van der Waals surface area (Å²) in [7, 11) is 1.71. The van der Waals surface area contributed by atoms with Crippen molar-refractivity contribution in [2.45, 2.75) is 56.7 Å². The van der Waals surface area contributed by atoms with Crippen LogP contribution >= 0.6 is 0 Å². The van der Waals surface area contributed by atoms with Gasteiger partial charge in [-0.2, -0.15) is 0 Å². The summed E-state index contributed by atoms with van der Waals surface area (Å²) in [5.74, 6) is 0. The summed E-state index contributed by atoms with van der Waals surface area (Å²) in [4.78, 5) is 2.71. The molecular weight excluding hydrogens is 228 g/mol. The predicted molar refractivity (Wildman–Crippen MR) is 72.7 cm³/mol. The molecule has 2 aliphatic heterocycles. The van der Waals surface area contributed by atoms with Crippen LogP contribution in [0.4, 0.5) is 0 Å². The molecule has 0 aromatic heterocycles. The van der Waals surface area contributed by atoms with Gasteiger partial charge >= 0.3 is 0 Å². The molecule has 2 fully saturated rings. The molecule has 4 nitrogen and oxygen atoms in total. The highest BCUT2D eigenvalue weighted by Crippen LogP contribution is 2.34. The van der Waals surface area contributed by atoms with Gasteiger partial charge in [0.25, 0.3) is 0 Å². The smallest absolute Gasteiger partial charge is 0.0700 e. The van der Waals surface area contributed by atoms with E-state index < -0.39 is 0 Å². The van der Waals surface area contributed by atoms with Crippen molar-refractivity contribution in [3.05, 3.63) is 0 Å². The number of methoxy groups -OCH3 is 1. The first kappa shape index (κ1) is 14.3. The fraction of sp³-hybridized carbons (Fsp3) is 1.00. The molecule has 2 bridgehead atoms. The van der Waals surface area contributed by atoms with Crippen molar-refractivity contribution >= 4 is 0 Å². The van der Waals surface area contributed by atoms with Crippen molar-refractivity contribution in [1.29, 1.82) is 0 Å². The molecule has 0 spiro atoms. The fourth-order valence-electron chi connectivity index (χ4n) is 3.42. The Kier molecular flexibility index (Phi) is 5.89. The predicted octanol–water partition coefficient (Wildman–Crippen LogP) is 1.38. The van der Waals surface area contributed by atoms with Crippen molar-refractivity contribution in [2.24, 2.45) is 5.73 Å². The van der Waals surface area contributed by atoms with Crippen LogP contribution < -0.4 is 5.73 Å². The van der Waals surface area contributed by atoms with Crippen molar-refractivity contribution in [3.63, 3.8) is 0 Å². The first-order valence-electron chi connectivity index (χ1n) is 7.39. The average molecular weight is 256 g/mol. The van der Waals surface area contributed by atoms with Gasteiger partial charge in [-0.15, -0.1) is 0 Å². The van der Waals surface area contributed by atoms with Crippen molar-refractivity contribution in [3.8, 4) is 0 Å². The zero-order chi connectivity index (χ0) is 12.8. The monoisotopic (exact) mass is 256 g/mol. The molecule has 2 N–H and O–H groups in total. The topological polar surface area (TPSA) is 47.7 Å². The minimum absolute atomic E-state index is 0.455. The number of fused-ring (bicyclic) bond motifs is 2. The van der Waals surface area contributed by atoms with E-state index in [2.05, 4.69) is 4.90 Å². The SMILES string of the molecule is COCCOCCCCN1C2CCC1CC(N)C2. The number of nitrogens with zero attached hydrogens (tertiary/aromatic N) is 1. The molecule has 0 radical (unpaired) electrons. The highest BCUT2D eigenvalue weighted by molar-refractivity contribution is 4.96. The Labute approximate surface area is 111 Å². The molecule has 2 atom stereocenters. The second kappa shape index (κ2) is 7.43. The van der Waals surface area contributed by atoms with Crippen LogP contribution in [0, 0.1) is 0 Å². The second-order valence-electron chi connectivity index (χ2n) is 5.67. The van der Waals surface area contributed by atoms with Gasteiger partial charge in [0.15, 0.2) is 0 Å². The fourth-order valence-corrected chi connectivity index (χ4v) is 3.42. The van der Waals surface area contributed by atoms with E-state index in [1.54, 1.807) is 7.11 Å². The Bertz CT molecular complexity index is 224. The summed E-state index contributed by atoms with van der Waals surface area (Å²) in [6, 6.07) is 2.00. The van der Waals surface area contributed by atoms with Crippen LogP contribution in [-0.4, -0.2) is 56.5 Å². The van der Waals surface area contributed by atoms with Gasteiger partial charge in [-0.25, -0.2) is 0 Å². The van der Waals surface area contributed by atoms with E-state index in [4.69, 9.17) is 15.2 Å². The molecule has 0 saturated carbocycles. The van der Waals surface area contributed by atoms with Crippen LogP contribution in [0.25, 0.3) is 0 Å². The van der Waals surface area contributed by atoms with Crippen LogP contribution in [0.1, 0.15) is 38.5 Å². The maximum atomic E-state index is 6.08. The minimum Gasteiger partial charge on any atom is -0.382 e. The van der Waals surface area contributed by atoms with Gasteiger partial charge in [-0.3, -0.25) is 4.90 Å². The van der Waals surface area contributed by atoms with Crippen LogP contribution in [0.15, 0.2) is 0 Å². The minimum atomic E-state index is 0.455. The zero-order valence-corrected chi connectivity index (χ0v) is 11.6. The Morgan fingerprint density at radius 3 is 2.44 bits per heavy atom. The van der Waals surface area contributed by atoms with Crippen molar-refractivity contribution < 1.29 is 9.47 Å². The molecule has 106 valence electrons. The molecule has 2 aliphatic rings. The number of piperidine rings is 1. The third kappa shape index (κ3) is 3.92.